The molecule has 0 saturated heterocycles. The van der Waals surface area contributed by atoms with Crippen molar-refractivity contribution in [3.8, 4) is 5.69 Å². The van der Waals surface area contributed by atoms with Crippen molar-refractivity contribution in [1.82, 2.24) is 9.55 Å². The van der Waals surface area contributed by atoms with Gasteiger partial charge in [-0.3, -0.25) is 4.79 Å². The van der Waals surface area contributed by atoms with Crippen molar-refractivity contribution in [2.45, 2.75) is 0 Å². The number of aromatic nitrogens is 2. The van der Waals surface area contributed by atoms with E-state index in [2.05, 4.69) is 20.9 Å². The van der Waals surface area contributed by atoms with Gasteiger partial charge in [-0.2, -0.15) is 0 Å². The van der Waals surface area contributed by atoms with Gasteiger partial charge in [-0.05, 0) is 18.2 Å². The van der Waals surface area contributed by atoms with Crippen LogP contribution >= 0.6 is 15.9 Å². The Hall–Kier alpha value is -2.15. The summed E-state index contributed by atoms with van der Waals surface area (Å²) in [6, 6.07) is 6.44. The molecule has 0 saturated carbocycles. The maximum atomic E-state index is 11.9. The van der Waals surface area contributed by atoms with Crippen LogP contribution in [0.5, 0.6) is 0 Å². The van der Waals surface area contributed by atoms with E-state index in [4.69, 9.17) is 5.11 Å². The third-order valence-electron chi connectivity index (χ3n) is 2.27. The lowest BCUT2D eigenvalue weighted by Gasteiger charge is -2.05. The SMILES string of the molecule is O=C(O)c1c[nH]c(=O)n(-c2cccc(Br)c2)c1=O. The fraction of sp³-hybridized carbons (Fsp3) is 0. The quantitative estimate of drug-likeness (QED) is 0.865. The Labute approximate surface area is 109 Å². The maximum Gasteiger partial charge on any atom is 0.342 e. The molecular weight excluding hydrogens is 304 g/mol. The van der Waals surface area contributed by atoms with Gasteiger partial charge >= 0.3 is 11.7 Å². The first-order valence-corrected chi connectivity index (χ1v) is 5.64. The minimum absolute atomic E-state index is 0.290. The topological polar surface area (TPSA) is 92.2 Å². The number of H-pyrrole nitrogens is 1. The molecule has 0 aliphatic heterocycles. The zero-order valence-electron chi connectivity index (χ0n) is 8.88. The highest BCUT2D eigenvalue weighted by molar-refractivity contribution is 9.10. The van der Waals surface area contributed by atoms with Crippen LogP contribution in [0.1, 0.15) is 10.4 Å². The number of aromatic amines is 1. The van der Waals surface area contributed by atoms with Gasteiger partial charge in [0.15, 0.2) is 0 Å². The summed E-state index contributed by atoms with van der Waals surface area (Å²) in [6.45, 7) is 0. The first-order chi connectivity index (χ1) is 8.50. The number of carboxylic acid groups (broad SMARTS) is 1. The zero-order valence-corrected chi connectivity index (χ0v) is 10.5. The van der Waals surface area contributed by atoms with Crippen LogP contribution < -0.4 is 11.2 Å². The lowest BCUT2D eigenvalue weighted by Crippen LogP contribution is -2.36. The predicted molar refractivity (Wildman–Crippen MR) is 67.3 cm³/mol. The molecule has 18 heavy (non-hydrogen) atoms. The molecule has 6 nitrogen and oxygen atoms in total. The molecule has 0 aliphatic rings. The molecule has 0 bridgehead atoms. The van der Waals surface area contributed by atoms with Gasteiger partial charge < -0.3 is 10.1 Å². The molecule has 1 aromatic carbocycles. The van der Waals surface area contributed by atoms with Crippen LogP contribution in [0.3, 0.4) is 0 Å². The van der Waals surface area contributed by atoms with Crippen molar-refractivity contribution >= 4 is 21.9 Å². The van der Waals surface area contributed by atoms with Gasteiger partial charge in [-0.25, -0.2) is 14.2 Å². The molecule has 0 aliphatic carbocycles. The molecule has 2 N–H and O–H groups in total. The molecule has 0 unspecified atom stereocenters. The van der Waals surface area contributed by atoms with Crippen LogP contribution in [-0.4, -0.2) is 20.6 Å². The monoisotopic (exact) mass is 310 g/mol. The Morgan fingerprint density at radius 1 is 1.33 bits per heavy atom. The highest BCUT2D eigenvalue weighted by Gasteiger charge is 2.14. The number of halogens is 1. The van der Waals surface area contributed by atoms with Crippen molar-refractivity contribution in [3.05, 3.63) is 61.3 Å². The van der Waals surface area contributed by atoms with E-state index in [1.165, 1.54) is 6.07 Å². The van der Waals surface area contributed by atoms with E-state index in [-0.39, 0.29) is 0 Å². The first kappa shape index (κ1) is 12.3. The number of carbonyl (C=O) groups is 1. The van der Waals surface area contributed by atoms with Crippen molar-refractivity contribution < 1.29 is 9.90 Å². The summed E-state index contributed by atoms with van der Waals surface area (Å²) in [7, 11) is 0. The van der Waals surface area contributed by atoms with Gasteiger partial charge in [0.1, 0.15) is 5.56 Å². The van der Waals surface area contributed by atoms with Crippen molar-refractivity contribution in [1.29, 1.82) is 0 Å². The smallest absolute Gasteiger partial charge is 0.342 e. The number of hydrogen-bond donors (Lipinski definition) is 2. The molecule has 1 heterocycles. The van der Waals surface area contributed by atoms with Crippen LogP contribution in [0, 0.1) is 0 Å². The summed E-state index contributed by atoms with van der Waals surface area (Å²) < 4.78 is 1.45. The molecule has 2 rings (SSSR count). The summed E-state index contributed by atoms with van der Waals surface area (Å²) >= 11 is 3.21. The molecule has 7 heteroatoms. The molecule has 92 valence electrons. The second-order valence-corrected chi connectivity index (χ2v) is 4.35. The highest BCUT2D eigenvalue weighted by atomic mass is 79.9. The Kier molecular flexibility index (Phi) is 3.15. The van der Waals surface area contributed by atoms with Crippen LogP contribution in [0.4, 0.5) is 0 Å². The van der Waals surface area contributed by atoms with Gasteiger partial charge in [-0.15, -0.1) is 0 Å². The fourth-order valence-corrected chi connectivity index (χ4v) is 1.86. The molecule has 0 spiro atoms. The lowest BCUT2D eigenvalue weighted by atomic mass is 10.3. The minimum atomic E-state index is -1.39. The Morgan fingerprint density at radius 3 is 2.67 bits per heavy atom. The molecule has 0 radical (unpaired) electrons. The molecule has 0 amide bonds. The Balaban J connectivity index is 2.79. The van der Waals surface area contributed by atoms with E-state index in [0.717, 1.165) is 10.8 Å². The number of benzene rings is 1. The molecular formula is C11H7BrN2O4. The lowest BCUT2D eigenvalue weighted by molar-refractivity contribution is 0.0694. The summed E-state index contributed by atoms with van der Waals surface area (Å²) in [5, 5.41) is 8.84. The second-order valence-electron chi connectivity index (χ2n) is 3.43. The average molecular weight is 311 g/mol. The number of rotatable bonds is 2. The number of aromatic carboxylic acids is 1. The summed E-state index contributed by atoms with van der Waals surface area (Å²) in [5.41, 5.74) is -1.76. The van der Waals surface area contributed by atoms with Crippen LogP contribution in [0.15, 0.2) is 44.5 Å². The number of carboxylic acids is 1. The molecule has 1 aromatic heterocycles. The van der Waals surface area contributed by atoms with Gasteiger partial charge in [0, 0.05) is 10.7 Å². The third kappa shape index (κ3) is 2.12. The van der Waals surface area contributed by atoms with Gasteiger partial charge in [0.25, 0.3) is 5.56 Å². The van der Waals surface area contributed by atoms with Crippen molar-refractivity contribution in [2.75, 3.05) is 0 Å². The van der Waals surface area contributed by atoms with Gasteiger partial charge in [0.05, 0.1) is 5.69 Å². The number of nitrogens with zero attached hydrogens (tertiary/aromatic N) is 1. The Bertz CT molecular complexity index is 732. The van der Waals surface area contributed by atoms with E-state index in [9.17, 15) is 14.4 Å². The van der Waals surface area contributed by atoms with Gasteiger partial charge in [0.2, 0.25) is 0 Å². The van der Waals surface area contributed by atoms with E-state index >= 15 is 0 Å². The fourth-order valence-electron chi connectivity index (χ4n) is 1.48. The summed E-state index contributed by atoms with van der Waals surface area (Å²) in [4.78, 5) is 36.6. The Morgan fingerprint density at radius 2 is 2.06 bits per heavy atom. The summed E-state index contributed by atoms with van der Waals surface area (Å²) in [6.07, 6.45) is 0.890. The largest absolute Gasteiger partial charge is 0.477 e. The third-order valence-corrected chi connectivity index (χ3v) is 2.77. The van der Waals surface area contributed by atoms with Crippen LogP contribution in [0.2, 0.25) is 0 Å². The molecule has 2 aromatic rings. The van der Waals surface area contributed by atoms with Crippen molar-refractivity contribution in [2.24, 2.45) is 0 Å². The van der Waals surface area contributed by atoms with E-state index in [0.29, 0.717) is 10.2 Å². The number of nitrogens with one attached hydrogen (secondary N) is 1. The predicted octanol–water partition coefficient (Wildman–Crippen LogP) is 0.986. The standard InChI is InChI=1S/C11H7BrN2O4/c12-6-2-1-3-7(4-6)14-9(15)8(10(16)17)5-13-11(14)18/h1-5H,(H,13,18)(H,16,17). The van der Waals surface area contributed by atoms with Crippen molar-refractivity contribution in [3.63, 3.8) is 0 Å². The van der Waals surface area contributed by atoms with E-state index in [1.807, 2.05) is 0 Å². The zero-order chi connectivity index (χ0) is 13.3. The van der Waals surface area contributed by atoms with E-state index in [1.54, 1.807) is 18.2 Å². The molecule has 0 atom stereocenters. The first-order valence-electron chi connectivity index (χ1n) is 4.84. The van der Waals surface area contributed by atoms with Crippen LogP contribution in [-0.2, 0) is 0 Å². The normalized spacial score (nSPS) is 10.3. The van der Waals surface area contributed by atoms with Gasteiger partial charge in [-0.1, -0.05) is 22.0 Å². The van der Waals surface area contributed by atoms with E-state index < -0.39 is 22.8 Å². The highest BCUT2D eigenvalue weighted by Crippen LogP contribution is 2.12. The maximum absolute atomic E-state index is 11.9. The number of hydrogen-bond acceptors (Lipinski definition) is 3. The average Bonchev–Trinajstić information content (AvgIpc) is 2.28. The second kappa shape index (κ2) is 4.61. The summed E-state index contributed by atoms with van der Waals surface area (Å²) in [5.74, 6) is -1.39. The van der Waals surface area contributed by atoms with Crippen LogP contribution in [0.25, 0.3) is 5.69 Å². The minimum Gasteiger partial charge on any atom is -0.477 e. The molecule has 0 fully saturated rings.